The summed E-state index contributed by atoms with van der Waals surface area (Å²) in [6.07, 6.45) is 7.94. The second-order valence-electron chi connectivity index (χ2n) is 9.23. The average Bonchev–Trinajstić information content (AvgIpc) is 2.81. The minimum Gasteiger partial charge on any atom is -0.481 e. The molecular weight excluding hydrogens is 402 g/mol. The van der Waals surface area contributed by atoms with Crippen LogP contribution < -0.4 is 5.32 Å². The van der Waals surface area contributed by atoms with Crippen LogP contribution in [-0.2, 0) is 16.0 Å². The summed E-state index contributed by atoms with van der Waals surface area (Å²) in [5.41, 5.74) is 0.731. The minimum atomic E-state index is -0.271. The van der Waals surface area contributed by atoms with Crippen LogP contribution in [0.5, 0.6) is 0 Å². The fourth-order valence-electron chi connectivity index (χ4n) is 4.94. The molecule has 3 rings (SSSR count). The summed E-state index contributed by atoms with van der Waals surface area (Å²) in [6, 6.07) is 5.87. The van der Waals surface area contributed by atoms with Crippen LogP contribution in [0.2, 0.25) is 0 Å². The molecule has 1 aromatic rings. The predicted octanol–water partition coefficient (Wildman–Crippen LogP) is 3.70. The van der Waals surface area contributed by atoms with Gasteiger partial charge >= 0.3 is 0 Å². The van der Waals surface area contributed by atoms with Crippen LogP contribution in [0.4, 0.5) is 0 Å². The van der Waals surface area contributed by atoms with E-state index >= 15 is 0 Å². The highest BCUT2D eigenvalue weighted by atomic mass is 16.5. The van der Waals surface area contributed by atoms with Crippen LogP contribution in [0.3, 0.4) is 0 Å². The van der Waals surface area contributed by atoms with Crippen molar-refractivity contribution in [1.82, 2.24) is 15.2 Å². The second-order valence-corrected chi connectivity index (χ2v) is 9.23. The predicted molar refractivity (Wildman–Crippen MR) is 129 cm³/mol. The number of hydrogen-bond acceptors (Lipinski definition) is 6. The van der Waals surface area contributed by atoms with Crippen molar-refractivity contribution in [1.29, 1.82) is 0 Å². The molecule has 1 saturated heterocycles. The number of pyridine rings is 1. The van der Waals surface area contributed by atoms with Crippen molar-refractivity contribution in [3.63, 3.8) is 0 Å². The Morgan fingerprint density at radius 3 is 2.94 bits per heavy atom. The van der Waals surface area contributed by atoms with Gasteiger partial charge in [0.05, 0.1) is 12.0 Å². The van der Waals surface area contributed by atoms with Crippen LogP contribution in [0.1, 0.15) is 59.1 Å². The van der Waals surface area contributed by atoms with Crippen molar-refractivity contribution in [2.24, 2.45) is 27.2 Å². The molecule has 0 aromatic carbocycles. The first kappa shape index (κ1) is 24.4. The highest BCUT2D eigenvalue weighted by Gasteiger charge is 2.49. The van der Waals surface area contributed by atoms with Crippen LogP contribution in [0.15, 0.2) is 34.4 Å². The minimum absolute atomic E-state index is 0.00786. The third-order valence-electron chi connectivity index (χ3n) is 7.10. The number of nitrogens with one attached hydrogen (secondary N) is 1. The molecule has 7 nitrogen and oxygen atoms in total. The second kappa shape index (κ2) is 11.5. The molecule has 1 aromatic heterocycles. The van der Waals surface area contributed by atoms with Crippen molar-refractivity contribution in [3.05, 3.63) is 30.1 Å². The Balaban J connectivity index is 1.58. The van der Waals surface area contributed by atoms with Gasteiger partial charge in [-0.05, 0) is 50.7 Å². The van der Waals surface area contributed by atoms with Gasteiger partial charge in [-0.2, -0.15) is 0 Å². The van der Waals surface area contributed by atoms with E-state index in [9.17, 15) is 4.79 Å². The summed E-state index contributed by atoms with van der Waals surface area (Å²) in [7, 11) is 0. The van der Waals surface area contributed by atoms with Gasteiger partial charge in [-0.15, -0.1) is 0 Å². The number of aliphatic imine (C=N–C) groups is 2. The zero-order valence-corrected chi connectivity index (χ0v) is 20.1. The number of rotatable bonds is 9. The molecule has 1 fully saturated rings. The quantitative estimate of drug-likeness (QED) is 0.634. The third kappa shape index (κ3) is 5.74. The van der Waals surface area contributed by atoms with E-state index in [1.807, 2.05) is 25.1 Å². The molecule has 0 radical (unpaired) electrons. The normalized spacial score (nSPS) is 26.9. The SMILES string of the molecule is CCOC1=NC=NC(N2CCCC(CC(=O)NCCc3ccccn3)C2)C1(C)C(C)CC. The Morgan fingerprint density at radius 2 is 2.22 bits per heavy atom. The Morgan fingerprint density at radius 1 is 1.38 bits per heavy atom. The van der Waals surface area contributed by atoms with Gasteiger partial charge in [0.25, 0.3) is 0 Å². The summed E-state index contributed by atoms with van der Waals surface area (Å²) in [5.74, 6) is 1.64. The Labute approximate surface area is 192 Å². The molecule has 4 atom stereocenters. The van der Waals surface area contributed by atoms with E-state index in [0.29, 0.717) is 31.4 Å². The van der Waals surface area contributed by atoms with Gasteiger partial charge in [-0.1, -0.05) is 26.3 Å². The summed E-state index contributed by atoms with van der Waals surface area (Å²) in [4.78, 5) is 28.7. The van der Waals surface area contributed by atoms with Crippen LogP contribution in [0, 0.1) is 17.3 Å². The average molecular weight is 442 g/mol. The molecule has 176 valence electrons. The maximum absolute atomic E-state index is 12.6. The zero-order chi connectivity index (χ0) is 23.0. The first-order valence-corrected chi connectivity index (χ1v) is 12.1. The molecule has 0 aliphatic carbocycles. The molecule has 7 heteroatoms. The largest absolute Gasteiger partial charge is 0.481 e. The number of carbonyl (C=O) groups is 1. The van der Waals surface area contributed by atoms with Crippen molar-refractivity contribution in [2.75, 3.05) is 26.2 Å². The van der Waals surface area contributed by atoms with Crippen molar-refractivity contribution in [3.8, 4) is 0 Å². The molecule has 2 aliphatic rings. The van der Waals surface area contributed by atoms with Gasteiger partial charge in [0.2, 0.25) is 5.91 Å². The van der Waals surface area contributed by atoms with Gasteiger partial charge in [-0.3, -0.25) is 19.7 Å². The lowest BCUT2D eigenvalue weighted by molar-refractivity contribution is -0.122. The van der Waals surface area contributed by atoms with Gasteiger partial charge in [0.15, 0.2) is 5.90 Å². The maximum Gasteiger partial charge on any atom is 0.220 e. The summed E-state index contributed by atoms with van der Waals surface area (Å²) >= 11 is 0. The highest BCUT2D eigenvalue weighted by molar-refractivity contribution is 5.91. The number of hydrogen-bond donors (Lipinski definition) is 1. The number of nitrogens with zero attached hydrogens (tertiary/aromatic N) is 4. The smallest absolute Gasteiger partial charge is 0.220 e. The van der Waals surface area contributed by atoms with E-state index in [1.54, 1.807) is 12.5 Å². The van der Waals surface area contributed by atoms with E-state index in [-0.39, 0.29) is 17.5 Å². The van der Waals surface area contributed by atoms with Crippen molar-refractivity contribution < 1.29 is 9.53 Å². The van der Waals surface area contributed by atoms with E-state index in [2.05, 4.69) is 41.0 Å². The molecule has 3 heterocycles. The molecule has 0 bridgehead atoms. The van der Waals surface area contributed by atoms with E-state index < -0.39 is 0 Å². The van der Waals surface area contributed by atoms with Gasteiger partial charge in [0.1, 0.15) is 12.5 Å². The molecule has 0 spiro atoms. The van der Waals surface area contributed by atoms with E-state index in [1.165, 1.54) is 0 Å². The topological polar surface area (TPSA) is 79.2 Å². The number of amides is 1. The van der Waals surface area contributed by atoms with Gasteiger partial charge in [0, 0.05) is 44.4 Å². The molecule has 0 saturated carbocycles. The number of piperidine rings is 1. The Kier molecular flexibility index (Phi) is 8.79. The first-order chi connectivity index (χ1) is 15.5. The van der Waals surface area contributed by atoms with Gasteiger partial charge < -0.3 is 10.1 Å². The summed E-state index contributed by atoms with van der Waals surface area (Å²) in [6.45, 7) is 11.8. The molecule has 4 unspecified atom stereocenters. The first-order valence-electron chi connectivity index (χ1n) is 12.1. The lowest BCUT2D eigenvalue weighted by atomic mass is 9.72. The van der Waals surface area contributed by atoms with Crippen LogP contribution in [-0.4, -0.2) is 60.4 Å². The van der Waals surface area contributed by atoms with Crippen molar-refractivity contribution in [2.45, 2.75) is 66.0 Å². The Bertz CT molecular complexity index is 797. The maximum atomic E-state index is 12.6. The molecule has 32 heavy (non-hydrogen) atoms. The van der Waals surface area contributed by atoms with E-state index in [4.69, 9.17) is 9.73 Å². The zero-order valence-electron chi connectivity index (χ0n) is 20.1. The fourth-order valence-corrected chi connectivity index (χ4v) is 4.94. The van der Waals surface area contributed by atoms with Crippen LogP contribution in [0.25, 0.3) is 0 Å². The van der Waals surface area contributed by atoms with Crippen molar-refractivity contribution >= 4 is 18.1 Å². The summed E-state index contributed by atoms with van der Waals surface area (Å²) < 4.78 is 5.98. The Hall–Kier alpha value is -2.28. The number of ether oxygens (including phenoxy) is 1. The highest BCUT2D eigenvalue weighted by Crippen LogP contribution is 2.41. The van der Waals surface area contributed by atoms with Gasteiger partial charge in [-0.25, -0.2) is 4.99 Å². The fraction of sp³-hybridized carbons (Fsp3) is 0.680. The number of aromatic nitrogens is 1. The number of likely N-dealkylation sites (tertiary alicyclic amines) is 1. The van der Waals surface area contributed by atoms with Crippen LogP contribution >= 0.6 is 0 Å². The van der Waals surface area contributed by atoms with E-state index in [0.717, 1.165) is 50.4 Å². The molecular formula is C25H39N5O2. The molecule has 2 aliphatic heterocycles. The molecule has 1 amide bonds. The summed E-state index contributed by atoms with van der Waals surface area (Å²) in [5, 5.41) is 3.07. The molecule has 1 N–H and O–H groups in total. The standard InChI is InChI=1S/C25H39N5O2/c1-5-19(3)25(4)23(28-18-29-24(25)32-6-2)30-15-9-10-20(17-30)16-22(31)27-14-12-21-11-7-8-13-26-21/h7-8,11,13,18-20,23H,5-6,9-10,12,14-17H2,1-4H3,(H,27,31). The third-order valence-corrected chi connectivity index (χ3v) is 7.10. The lowest BCUT2D eigenvalue weighted by Crippen LogP contribution is -2.57. The number of carbonyl (C=O) groups excluding carboxylic acids is 1. The monoisotopic (exact) mass is 441 g/mol. The lowest BCUT2D eigenvalue weighted by Gasteiger charge is -2.48.